The fourth-order valence-corrected chi connectivity index (χ4v) is 6.01. The van der Waals surface area contributed by atoms with Gasteiger partial charge in [0.1, 0.15) is 10.7 Å². The Bertz CT molecular complexity index is 1220. The fourth-order valence-electron chi connectivity index (χ4n) is 3.66. The fraction of sp³-hybridized carbons (Fsp3) is 0.120. The summed E-state index contributed by atoms with van der Waals surface area (Å²) in [6.07, 6.45) is 0.800. The van der Waals surface area contributed by atoms with E-state index in [0.717, 1.165) is 22.0 Å². The first-order chi connectivity index (χ1) is 15.6. The van der Waals surface area contributed by atoms with Crippen LogP contribution in [-0.2, 0) is 11.2 Å². The third-order valence-corrected chi connectivity index (χ3v) is 7.74. The van der Waals surface area contributed by atoms with E-state index in [9.17, 15) is 9.90 Å². The molecular formula is C25H21N3O2S2. The van der Waals surface area contributed by atoms with Gasteiger partial charge in [-0.15, -0.1) is 0 Å². The van der Waals surface area contributed by atoms with Crippen LogP contribution < -0.4 is 9.80 Å². The van der Waals surface area contributed by atoms with Crippen LogP contribution in [0.25, 0.3) is 0 Å². The van der Waals surface area contributed by atoms with Crippen molar-refractivity contribution in [3.63, 3.8) is 0 Å². The molecule has 2 aliphatic rings. The SMILES string of the molecule is CN1C(=C2SC(=NCCc3ccccc3)N(c3ccc(O)cc3)C2=O)Sc2ccccc21. The molecule has 0 atom stereocenters. The van der Waals surface area contributed by atoms with Gasteiger partial charge in [0.05, 0.1) is 16.4 Å². The van der Waals surface area contributed by atoms with Crippen molar-refractivity contribution >= 4 is 46.0 Å². The third kappa shape index (κ3) is 3.89. The van der Waals surface area contributed by atoms with Gasteiger partial charge in [-0.3, -0.25) is 14.7 Å². The van der Waals surface area contributed by atoms with E-state index in [4.69, 9.17) is 4.99 Å². The minimum Gasteiger partial charge on any atom is -0.508 e. The highest BCUT2D eigenvalue weighted by atomic mass is 32.2. The van der Waals surface area contributed by atoms with Crippen LogP contribution in [-0.4, -0.2) is 29.8 Å². The smallest absolute Gasteiger partial charge is 0.274 e. The number of carbonyl (C=O) groups is 1. The van der Waals surface area contributed by atoms with Gasteiger partial charge in [0.15, 0.2) is 5.17 Å². The molecule has 2 heterocycles. The first-order valence-electron chi connectivity index (χ1n) is 10.3. The van der Waals surface area contributed by atoms with Crippen LogP contribution in [0, 0.1) is 0 Å². The largest absolute Gasteiger partial charge is 0.508 e. The number of para-hydroxylation sites is 1. The van der Waals surface area contributed by atoms with Gasteiger partial charge < -0.3 is 10.0 Å². The Morgan fingerprint density at radius 1 is 0.906 bits per heavy atom. The molecular weight excluding hydrogens is 438 g/mol. The second-order valence-corrected chi connectivity index (χ2v) is 9.43. The maximum Gasteiger partial charge on any atom is 0.274 e. The number of aromatic hydroxyl groups is 1. The minimum absolute atomic E-state index is 0.0960. The van der Waals surface area contributed by atoms with E-state index in [-0.39, 0.29) is 11.7 Å². The van der Waals surface area contributed by atoms with Gasteiger partial charge in [-0.2, -0.15) is 0 Å². The van der Waals surface area contributed by atoms with Crippen LogP contribution in [0.3, 0.4) is 0 Å². The summed E-state index contributed by atoms with van der Waals surface area (Å²) >= 11 is 3.02. The van der Waals surface area contributed by atoms with Crippen molar-refractivity contribution in [1.29, 1.82) is 0 Å². The quantitative estimate of drug-likeness (QED) is 0.524. The number of phenols is 1. The predicted molar refractivity (Wildman–Crippen MR) is 133 cm³/mol. The van der Waals surface area contributed by atoms with Gasteiger partial charge in [0.25, 0.3) is 5.91 Å². The molecule has 7 heteroatoms. The van der Waals surface area contributed by atoms with Crippen molar-refractivity contribution < 1.29 is 9.90 Å². The molecule has 0 aliphatic carbocycles. The average molecular weight is 460 g/mol. The molecule has 5 rings (SSSR count). The van der Waals surface area contributed by atoms with Gasteiger partial charge in [0.2, 0.25) is 0 Å². The maximum absolute atomic E-state index is 13.6. The van der Waals surface area contributed by atoms with E-state index in [1.165, 1.54) is 17.3 Å². The zero-order valence-electron chi connectivity index (χ0n) is 17.4. The summed E-state index contributed by atoms with van der Waals surface area (Å²) in [7, 11) is 1.99. The van der Waals surface area contributed by atoms with E-state index in [2.05, 4.69) is 29.2 Å². The second-order valence-electron chi connectivity index (χ2n) is 7.42. The zero-order chi connectivity index (χ0) is 22.1. The Morgan fingerprint density at radius 2 is 1.62 bits per heavy atom. The Labute approximate surface area is 195 Å². The molecule has 0 spiro atoms. The second kappa shape index (κ2) is 8.76. The summed E-state index contributed by atoms with van der Waals surface area (Å²) < 4.78 is 0. The number of amides is 1. The van der Waals surface area contributed by atoms with E-state index >= 15 is 0 Å². The molecule has 3 aromatic rings. The molecule has 5 nitrogen and oxygen atoms in total. The van der Waals surface area contributed by atoms with Crippen LogP contribution in [0.1, 0.15) is 5.56 Å². The van der Waals surface area contributed by atoms with Crippen LogP contribution >= 0.6 is 23.5 Å². The van der Waals surface area contributed by atoms with Crippen molar-refractivity contribution in [3.8, 4) is 5.75 Å². The first kappa shape index (κ1) is 20.7. The number of rotatable bonds is 4. The summed E-state index contributed by atoms with van der Waals surface area (Å²) in [5, 5.41) is 11.3. The number of thioether (sulfide) groups is 2. The monoisotopic (exact) mass is 459 g/mol. The predicted octanol–water partition coefficient (Wildman–Crippen LogP) is 5.48. The normalized spacial score (nSPS) is 19.2. The summed E-state index contributed by atoms with van der Waals surface area (Å²) in [4.78, 5) is 23.9. The molecule has 0 saturated carbocycles. The zero-order valence-corrected chi connectivity index (χ0v) is 19.1. The third-order valence-electron chi connectivity index (χ3n) is 5.31. The Kier molecular flexibility index (Phi) is 5.68. The lowest BCUT2D eigenvalue weighted by molar-refractivity contribution is -0.113. The molecule has 1 amide bonds. The van der Waals surface area contributed by atoms with E-state index in [0.29, 0.717) is 22.3 Å². The molecule has 3 aromatic carbocycles. The molecule has 160 valence electrons. The van der Waals surface area contributed by atoms with Crippen molar-refractivity contribution in [2.45, 2.75) is 11.3 Å². The highest BCUT2D eigenvalue weighted by Gasteiger charge is 2.39. The highest BCUT2D eigenvalue weighted by Crippen LogP contribution is 2.50. The van der Waals surface area contributed by atoms with Crippen molar-refractivity contribution in [3.05, 3.63) is 94.4 Å². The molecule has 1 N–H and O–H groups in total. The lowest BCUT2D eigenvalue weighted by Crippen LogP contribution is -2.29. The molecule has 1 saturated heterocycles. The summed E-state index contributed by atoms with van der Waals surface area (Å²) in [5.74, 6) is 0.0667. The van der Waals surface area contributed by atoms with Crippen LogP contribution in [0.4, 0.5) is 11.4 Å². The van der Waals surface area contributed by atoms with Crippen molar-refractivity contribution in [2.75, 3.05) is 23.4 Å². The maximum atomic E-state index is 13.6. The molecule has 2 aliphatic heterocycles. The molecule has 0 radical (unpaired) electrons. The van der Waals surface area contributed by atoms with Crippen LogP contribution in [0.5, 0.6) is 5.75 Å². The van der Waals surface area contributed by atoms with Gasteiger partial charge in [-0.05, 0) is 60.1 Å². The number of nitrogens with zero attached hydrogens (tertiary/aromatic N) is 3. The Morgan fingerprint density at radius 3 is 2.38 bits per heavy atom. The van der Waals surface area contributed by atoms with Gasteiger partial charge in [-0.25, -0.2) is 0 Å². The number of benzene rings is 3. The van der Waals surface area contributed by atoms with Gasteiger partial charge >= 0.3 is 0 Å². The van der Waals surface area contributed by atoms with Crippen LogP contribution in [0.2, 0.25) is 0 Å². The lowest BCUT2D eigenvalue weighted by Gasteiger charge is -2.17. The topological polar surface area (TPSA) is 56.1 Å². The number of carbonyl (C=O) groups excluding carboxylic acids is 1. The number of hydrogen-bond acceptors (Lipinski definition) is 6. The Hall–Kier alpha value is -3.16. The van der Waals surface area contributed by atoms with Crippen LogP contribution in [0.15, 0.2) is 98.7 Å². The number of hydrogen-bond donors (Lipinski definition) is 1. The molecule has 0 aromatic heterocycles. The number of fused-ring (bicyclic) bond motifs is 1. The number of phenolic OH excluding ortho intramolecular Hbond substituents is 1. The Balaban J connectivity index is 1.49. The molecule has 32 heavy (non-hydrogen) atoms. The van der Waals surface area contributed by atoms with E-state index in [1.807, 2.05) is 37.4 Å². The van der Waals surface area contributed by atoms with Crippen molar-refractivity contribution in [2.24, 2.45) is 4.99 Å². The summed E-state index contributed by atoms with van der Waals surface area (Å²) in [5.41, 5.74) is 3.00. The lowest BCUT2D eigenvalue weighted by atomic mass is 10.2. The number of amidine groups is 1. The summed E-state index contributed by atoms with van der Waals surface area (Å²) in [6.45, 7) is 0.583. The van der Waals surface area contributed by atoms with E-state index in [1.54, 1.807) is 40.9 Å². The summed E-state index contributed by atoms with van der Waals surface area (Å²) in [6, 6.07) is 25.0. The molecule has 0 bridgehead atoms. The van der Waals surface area contributed by atoms with Gasteiger partial charge in [-0.1, -0.05) is 54.2 Å². The van der Waals surface area contributed by atoms with Crippen molar-refractivity contribution in [1.82, 2.24) is 0 Å². The van der Waals surface area contributed by atoms with Gasteiger partial charge in [0, 0.05) is 18.5 Å². The highest BCUT2D eigenvalue weighted by molar-refractivity contribution is 8.20. The number of aliphatic imine (C=N–C) groups is 1. The number of anilines is 2. The van der Waals surface area contributed by atoms with E-state index < -0.39 is 0 Å². The molecule has 1 fully saturated rings. The first-order valence-corrected chi connectivity index (χ1v) is 11.9. The standard InChI is InChI=1S/C25H21N3O2S2/c1-27-20-9-5-6-10-21(20)31-24(27)22-23(30)28(18-11-13-19(29)14-12-18)25(32-22)26-16-15-17-7-3-2-4-8-17/h2-14,29H,15-16H2,1H3. The molecule has 0 unspecified atom stereocenters. The minimum atomic E-state index is -0.0960. The average Bonchev–Trinajstić information content (AvgIpc) is 3.32.